The van der Waals surface area contributed by atoms with Gasteiger partial charge >= 0.3 is 0 Å². The summed E-state index contributed by atoms with van der Waals surface area (Å²) < 4.78 is 28.9. The lowest BCUT2D eigenvalue weighted by Gasteiger charge is -2.17. The van der Waals surface area contributed by atoms with Crippen molar-refractivity contribution in [1.82, 2.24) is 9.29 Å². The number of benzene rings is 1. The van der Waals surface area contributed by atoms with E-state index in [0.717, 1.165) is 11.3 Å². The Morgan fingerprint density at radius 3 is 2.46 bits per heavy atom. The van der Waals surface area contributed by atoms with Gasteiger partial charge in [0.25, 0.3) is 10.0 Å². The first-order chi connectivity index (χ1) is 11.2. The molecule has 0 bridgehead atoms. The molecule has 6 nitrogen and oxygen atoms in total. The monoisotopic (exact) mass is 349 g/mol. The number of hydrogen-bond donors (Lipinski definition) is 1. The van der Waals surface area contributed by atoms with Gasteiger partial charge in [0, 0.05) is 44.6 Å². The Bertz CT molecular complexity index is 812. The SMILES string of the molecule is Cc1ccc(S(=O)(=O)NC(=O)C[C@H](C)n2cccc2)cc1N(C)C. The van der Waals surface area contributed by atoms with Gasteiger partial charge in [-0.05, 0) is 43.7 Å². The van der Waals surface area contributed by atoms with Crippen molar-refractivity contribution < 1.29 is 13.2 Å². The van der Waals surface area contributed by atoms with Gasteiger partial charge < -0.3 is 9.47 Å². The van der Waals surface area contributed by atoms with Crippen molar-refractivity contribution in [2.45, 2.75) is 31.2 Å². The minimum atomic E-state index is -3.88. The van der Waals surface area contributed by atoms with Crippen LogP contribution in [0.5, 0.6) is 0 Å². The molecule has 0 aliphatic carbocycles. The van der Waals surface area contributed by atoms with E-state index in [-0.39, 0.29) is 17.4 Å². The molecule has 0 fully saturated rings. The van der Waals surface area contributed by atoms with Crippen LogP contribution in [-0.4, -0.2) is 33.0 Å². The highest BCUT2D eigenvalue weighted by Gasteiger charge is 2.20. The summed E-state index contributed by atoms with van der Waals surface area (Å²) in [6.45, 7) is 3.77. The molecule has 0 radical (unpaired) electrons. The summed E-state index contributed by atoms with van der Waals surface area (Å²) in [5.74, 6) is -0.525. The third kappa shape index (κ3) is 4.17. The van der Waals surface area contributed by atoms with Crippen LogP contribution >= 0.6 is 0 Å². The number of sulfonamides is 1. The van der Waals surface area contributed by atoms with Crippen LogP contribution in [0.1, 0.15) is 24.9 Å². The number of amides is 1. The molecule has 0 saturated heterocycles. The number of rotatable bonds is 6. The van der Waals surface area contributed by atoms with Crippen LogP contribution in [0.2, 0.25) is 0 Å². The van der Waals surface area contributed by atoms with Crippen molar-refractivity contribution in [3.05, 3.63) is 48.3 Å². The summed E-state index contributed by atoms with van der Waals surface area (Å²) >= 11 is 0. The minimum Gasteiger partial charge on any atom is -0.377 e. The van der Waals surface area contributed by atoms with Crippen LogP contribution in [0.3, 0.4) is 0 Å². The lowest BCUT2D eigenvalue weighted by Crippen LogP contribution is -2.32. The van der Waals surface area contributed by atoms with Gasteiger partial charge in [-0.3, -0.25) is 4.79 Å². The number of aromatic nitrogens is 1. The van der Waals surface area contributed by atoms with Crippen molar-refractivity contribution in [2.75, 3.05) is 19.0 Å². The van der Waals surface area contributed by atoms with E-state index in [1.165, 1.54) is 6.07 Å². The lowest BCUT2D eigenvalue weighted by atomic mass is 10.2. The number of hydrogen-bond acceptors (Lipinski definition) is 4. The largest absolute Gasteiger partial charge is 0.377 e. The molecule has 0 unspecified atom stereocenters. The molecule has 1 amide bonds. The molecule has 1 aromatic heterocycles. The summed E-state index contributed by atoms with van der Waals surface area (Å²) in [7, 11) is -0.196. The van der Waals surface area contributed by atoms with E-state index >= 15 is 0 Å². The molecule has 2 aromatic rings. The highest BCUT2D eigenvalue weighted by atomic mass is 32.2. The van der Waals surface area contributed by atoms with E-state index in [1.807, 2.05) is 61.9 Å². The van der Waals surface area contributed by atoms with E-state index in [4.69, 9.17) is 0 Å². The van der Waals surface area contributed by atoms with Crippen molar-refractivity contribution >= 4 is 21.6 Å². The molecule has 0 spiro atoms. The predicted molar refractivity (Wildman–Crippen MR) is 94.6 cm³/mol. The Morgan fingerprint density at radius 2 is 1.88 bits per heavy atom. The van der Waals surface area contributed by atoms with E-state index in [2.05, 4.69) is 4.72 Å². The Balaban J connectivity index is 2.13. The molecule has 24 heavy (non-hydrogen) atoms. The normalized spacial score (nSPS) is 12.7. The quantitative estimate of drug-likeness (QED) is 0.869. The Morgan fingerprint density at radius 1 is 1.25 bits per heavy atom. The molecule has 1 atom stereocenters. The fraction of sp³-hybridized carbons (Fsp3) is 0.353. The maximum atomic E-state index is 12.4. The zero-order valence-corrected chi connectivity index (χ0v) is 15.2. The van der Waals surface area contributed by atoms with Gasteiger partial charge in [-0.25, -0.2) is 13.1 Å². The molecule has 0 aliphatic rings. The van der Waals surface area contributed by atoms with Crippen LogP contribution in [-0.2, 0) is 14.8 Å². The molecule has 2 rings (SSSR count). The van der Waals surface area contributed by atoms with Gasteiger partial charge in [0.2, 0.25) is 5.91 Å². The number of anilines is 1. The van der Waals surface area contributed by atoms with Crippen molar-refractivity contribution in [3.8, 4) is 0 Å². The number of carbonyl (C=O) groups excluding carboxylic acids is 1. The molecule has 0 saturated carbocycles. The summed E-state index contributed by atoms with van der Waals surface area (Å²) in [4.78, 5) is 14.0. The first-order valence-corrected chi connectivity index (χ1v) is 9.15. The molecular weight excluding hydrogens is 326 g/mol. The first kappa shape index (κ1) is 18.1. The number of nitrogens with one attached hydrogen (secondary N) is 1. The van der Waals surface area contributed by atoms with Gasteiger partial charge in [-0.2, -0.15) is 0 Å². The first-order valence-electron chi connectivity index (χ1n) is 7.67. The van der Waals surface area contributed by atoms with Gasteiger partial charge in [0.1, 0.15) is 0 Å². The number of aryl methyl sites for hydroxylation is 1. The Kier molecular flexibility index (Phi) is 5.33. The van der Waals surface area contributed by atoms with Crippen molar-refractivity contribution in [3.63, 3.8) is 0 Å². The third-order valence-electron chi connectivity index (χ3n) is 3.84. The molecule has 1 heterocycles. The Labute approximate surface area is 143 Å². The molecule has 7 heteroatoms. The smallest absolute Gasteiger partial charge is 0.264 e. The standard InChI is InChI=1S/C17H23N3O3S/c1-13-7-8-15(12-16(13)19(3)4)24(22,23)18-17(21)11-14(2)20-9-5-6-10-20/h5-10,12,14H,11H2,1-4H3,(H,18,21)/t14-/m0/s1. The van der Waals surface area contributed by atoms with Gasteiger partial charge in [-0.1, -0.05) is 6.07 Å². The summed E-state index contributed by atoms with van der Waals surface area (Å²) in [5, 5.41) is 0. The zero-order valence-electron chi connectivity index (χ0n) is 14.4. The van der Waals surface area contributed by atoms with E-state index in [9.17, 15) is 13.2 Å². The van der Waals surface area contributed by atoms with Gasteiger partial charge in [0.15, 0.2) is 0 Å². The number of carbonyl (C=O) groups is 1. The second-order valence-electron chi connectivity index (χ2n) is 6.05. The molecule has 1 N–H and O–H groups in total. The third-order valence-corrected chi connectivity index (χ3v) is 5.21. The molecular formula is C17H23N3O3S. The highest BCUT2D eigenvalue weighted by Crippen LogP contribution is 2.22. The second-order valence-corrected chi connectivity index (χ2v) is 7.74. The summed E-state index contributed by atoms with van der Waals surface area (Å²) in [5.41, 5.74) is 1.76. The van der Waals surface area contributed by atoms with Crippen LogP contribution in [0.15, 0.2) is 47.6 Å². The van der Waals surface area contributed by atoms with Crippen molar-refractivity contribution in [1.29, 1.82) is 0 Å². The molecule has 130 valence electrons. The van der Waals surface area contributed by atoms with Crippen LogP contribution in [0.25, 0.3) is 0 Å². The zero-order chi connectivity index (χ0) is 17.9. The van der Waals surface area contributed by atoms with Gasteiger partial charge in [0.05, 0.1) is 4.90 Å². The average molecular weight is 349 g/mol. The number of nitrogens with zero attached hydrogens (tertiary/aromatic N) is 2. The van der Waals surface area contributed by atoms with Crippen LogP contribution in [0.4, 0.5) is 5.69 Å². The minimum absolute atomic E-state index is 0.0822. The summed E-state index contributed by atoms with van der Waals surface area (Å²) in [6, 6.07) is 8.41. The topological polar surface area (TPSA) is 71.4 Å². The van der Waals surface area contributed by atoms with Crippen LogP contribution in [0, 0.1) is 6.92 Å². The van der Waals surface area contributed by atoms with E-state index < -0.39 is 15.9 Å². The van der Waals surface area contributed by atoms with E-state index in [1.54, 1.807) is 12.1 Å². The summed E-state index contributed by atoms with van der Waals surface area (Å²) in [6.07, 6.45) is 3.77. The second kappa shape index (κ2) is 7.09. The lowest BCUT2D eigenvalue weighted by molar-refractivity contribution is -0.120. The maximum Gasteiger partial charge on any atom is 0.264 e. The molecule has 0 aliphatic heterocycles. The Hall–Kier alpha value is -2.28. The van der Waals surface area contributed by atoms with E-state index in [0.29, 0.717) is 0 Å². The highest BCUT2D eigenvalue weighted by molar-refractivity contribution is 7.90. The van der Waals surface area contributed by atoms with Crippen LogP contribution < -0.4 is 9.62 Å². The predicted octanol–water partition coefficient (Wildman–Crippen LogP) is 2.32. The fourth-order valence-corrected chi connectivity index (χ4v) is 3.52. The molecule has 1 aromatic carbocycles. The maximum absolute atomic E-state index is 12.4. The fourth-order valence-electron chi connectivity index (χ4n) is 2.50. The van der Waals surface area contributed by atoms with Gasteiger partial charge in [-0.15, -0.1) is 0 Å². The average Bonchev–Trinajstić information content (AvgIpc) is 3.00. The van der Waals surface area contributed by atoms with Crippen molar-refractivity contribution in [2.24, 2.45) is 0 Å².